The van der Waals surface area contributed by atoms with E-state index in [2.05, 4.69) is 10.3 Å². The topological polar surface area (TPSA) is 42.0 Å². The van der Waals surface area contributed by atoms with Gasteiger partial charge >= 0.3 is 0 Å². The minimum atomic E-state index is 0.0826. The fourth-order valence-electron chi connectivity index (χ4n) is 2.35. The number of hydrogen-bond donors (Lipinski definition) is 1. The summed E-state index contributed by atoms with van der Waals surface area (Å²) in [4.78, 5) is 15.7. The molecule has 0 aliphatic heterocycles. The lowest BCUT2D eigenvalue weighted by Gasteiger charge is -2.20. The zero-order valence-corrected chi connectivity index (χ0v) is 10.5. The van der Waals surface area contributed by atoms with E-state index in [0.717, 1.165) is 5.69 Å². The SMILES string of the molecule is O=C(CC1CCCCC1)Nc1ccnc(Cl)c1. The molecule has 17 heavy (non-hydrogen) atoms. The molecule has 1 fully saturated rings. The van der Waals surface area contributed by atoms with Crippen molar-refractivity contribution < 1.29 is 4.79 Å². The van der Waals surface area contributed by atoms with Gasteiger partial charge in [-0.15, -0.1) is 0 Å². The summed E-state index contributed by atoms with van der Waals surface area (Å²) in [5, 5.41) is 3.27. The van der Waals surface area contributed by atoms with Crippen LogP contribution in [0.5, 0.6) is 0 Å². The number of carbonyl (C=O) groups excluding carboxylic acids is 1. The van der Waals surface area contributed by atoms with Crippen molar-refractivity contribution in [3.63, 3.8) is 0 Å². The van der Waals surface area contributed by atoms with Crippen LogP contribution in [0, 0.1) is 5.92 Å². The van der Waals surface area contributed by atoms with Gasteiger partial charge in [-0.05, 0) is 30.9 Å². The molecule has 1 aromatic rings. The van der Waals surface area contributed by atoms with E-state index in [1.54, 1.807) is 18.3 Å². The standard InChI is InChI=1S/C13H17ClN2O/c14-12-9-11(6-7-15-12)16-13(17)8-10-4-2-1-3-5-10/h6-7,9-10H,1-5,8H2,(H,15,16,17). The van der Waals surface area contributed by atoms with E-state index in [1.807, 2.05) is 0 Å². The fourth-order valence-corrected chi connectivity index (χ4v) is 2.52. The minimum absolute atomic E-state index is 0.0826. The molecule has 0 atom stereocenters. The van der Waals surface area contributed by atoms with Crippen molar-refractivity contribution in [3.8, 4) is 0 Å². The van der Waals surface area contributed by atoms with Gasteiger partial charge in [0, 0.05) is 18.3 Å². The number of pyridine rings is 1. The summed E-state index contributed by atoms with van der Waals surface area (Å²) in [7, 11) is 0. The van der Waals surface area contributed by atoms with Crippen LogP contribution in [0.1, 0.15) is 38.5 Å². The second kappa shape index (κ2) is 6.01. The Morgan fingerprint density at radius 1 is 1.41 bits per heavy atom. The second-order valence-corrected chi connectivity index (χ2v) is 5.01. The third kappa shape index (κ3) is 4.00. The molecular formula is C13H17ClN2O. The quantitative estimate of drug-likeness (QED) is 0.835. The average molecular weight is 253 g/mol. The number of aromatic nitrogens is 1. The van der Waals surface area contributed by atoms with Crippen LogP contribution in [-0.4, -0.2) is 10.9 Å². The van der Waals surface area contributed by atoms with E-state index < -0.39 is 0 Å². The van der Waals surface area contributed by atoms with E-state index in [0.29, 0.717) is 17.5 Å². The molecule has 1 saturated carbocycles. The maximum Gasteiger partial charge on any atom is 0.224 e. The molecule has 0 unspecified atom stereocenters. The number of amides is 1. The summed E-state index contributed by atoms with van der Waals surface area (Å²) < 4.78 is 0. The molecule has 1 aromatic heterocycles. The van der Waals surface area contributed by atoms with Gasteiger partial charge in [0.25, 0.3) is 0 Å². The summed E-state index contributed by atoms with van der Waals surface area (Å²) in [5.74, 6) is 0.639. The Bertz CT molecular complexity index is 389. The number of nitrogens with zero attached hydrogens (tertiary/aromatic N) is 1. The lowest BCUT2D eigenvalue weighted by Crippen LogP contribution is -2.18. The molecule has 2 rings (SSSR count). The predicted octanol–water partition coefficient (Wildman–Crippen LogP) is 3.64. The molecule has 1 aliphatic rings. The molecule has 4 heteroatoms. The van der Waals surface area contributed by atoms with Crippen molar-refractivity contribution in [2.45, 2.75) is 38.5 Å². The first-order valence-electron chi connectivity index (χ1n) is 6.15. The van der Waals surface area contributed by atoms with Gasteiger partial charge in [0.05, 0.1) is 0 Å². The Morgan fingerprint density at radius 2 is 2.18 bits per heavy atom. The molecule has 0 aromatic carbocycles. The molecule has 0 spiro atoms. The van der Waals surface area contributed by atoms with Crippen molar-refractivity contribution in [2.24, 2.45) is 5.92 Å². The number of halogens is 1. The minimum Gasteiger partial charge on any atom is -0.326 e. The van der Waals surface area contributed by atoms with Gasteiger partial charge in [0.15, 0.2) is 0 Å². The smallest absolute Gasteiger partial charge is 0.224 e. The van der Waals surface area contributed by atoms with Gasteiger partial charge in [-0.1, -0.05) is 30.9 Å². The van der Waals surface area contributed by atoms with E-state index in [4.69, 9.17) is 11.6 Å². The molecular weight excluding hydrogens is 236 g/mol. The highest BCUT2D eigenvalue weighted by molar-refractivity contribution is 6.29. The number of carbonyl (C=O) groups is 1. The molecule has 3 nitrogen and oxygen atoms in total. The van der Waals surface area contributed by atoms with Gasteiger partial charge < -0.3 is 5.32 Å². The van der Waals surface area contributed by atoms with Crippen LogP contribution in [-0.2, 0) is 4.79 Å². The largest absolute Gasteiger partial charge is 0.326 e. The summed E-state index contributed by atoms with van der Waals surface area (Å²) in [5.41, 5.74) is 0.728. The summed E-state index contributed by atoms with van der Waals surface area (Å²) in [6, 6.07) is 3.42. The van der Waals surface area contributed by atoms with Crippen molar-refractivity contribution in [1.82, 2.24) is 4.98 Å². The second-order valence-electron chi connectivity index (χ2n) is 4.62. The van der Waals surface area contributed by atoms with Crippen LogP contribution in [0.25, 0.3) is 0 Å². The van der Waals surface area contributed by atoms with E-state index in [1.165, 1.54) is 32.1 Å². The van der Waals surface area contributed by atoms with Gasteiger partial charge in [-0.3, -0.25) is 4.79 Å². The normalized spacial score (nSPS) is 16.8. The molecule has 1 heterocycles. The molecule has 1 N–H and O–H groups in total. The summed E-state index contributed by atoms with van der Waals surface area (Å²) in [6.45, 7) is 0. The number of hydrogen-bond acceptors (Lipinski definition) is 2. The van der Waals surface area contributed by atoms with Crippen LogP contribution >= 0.6 is 11.6 Å². The van der Waals surface area contributed by atoms with E-state index in [9.17, 15) is 4.79 Å². The highest BCUT2D eigenvalue weighted by atomic mass is 35.5. The van der Waals surface area contributed by atoms with Crippen molar-refractivity contribution in [3.05, 3.63) is 23.5 Å². The lowest BCUT2D eigenvalue weighted by atomic mass is 9.87. The first kappa shape index (κ1) is 12.4. The van der Waals surface area contributed by atoms with Gasteiger partial charge in [-0.2, -0.15) is 0 Å². The van der Waals surface area contributed by atoms with Gasteiger partial charge in [-0.25, -0.2) is 4.98 Å². The highest BCUT2D eigenvalue weighted by Gasteiger charge is 2.16. The summed E-state index contributed by atoms with van der Waals surface area (Å²) >= 11 is 5.76. The molecule has 92 valence electrons. The molecule has 0 bridgehead atoms. The molecule has 0 saturated heterocycles. The van der Waals surface area contributed by atoms with Gasteiger partial charge in [0.1, 0.15) is 5.15 Å². The van der Waals surface area contributed by atoms with Gasteiger partial charge in [0.2, 0.25) is 5.91 Å². The molecule has 1 amide bonds. The monoisotopic (exact) mass is 252 g/mol. The van der Waals surface area contributed by atoms with Crippen molar-refractivity contribution in [2.75, 3.05) is 5.32 Å². The zero-order valence-electron chi connectivity index (χ0n) is 9.79. The lowest BCUT2D eigenvalue weighted by molar-refractivity contribution is -0.117. The predicted molar refractivity (Wildman–Crippen MR) is 69.1 cm³/mol. The summed E-state index contributed by atoms with van der Waals surface area (Å²) in [6.07, 6.45) is 8.43. The zero-order chi connectivity index (χ0) is 12.1. The third-order valence-electron chi connectivity index (χ3n) is 3.21. The maximum absolute atomic E-state index is 11.8. The van der Waals surface area contributed by atoms with Crippen LogP contribution in [0.2, 0.25) is 5.15 Å². The Labute approximate surface area is 107 Å². The molecule has 0 radical (unpaired) electrons. The Balaban J connectivity index is 1.84. The average Bonchev–Trinajstić information content (AvgIpc) is 2.30. The Kier molecular flexibility index (Phi) is 4.37. The van der Waals surface area contributed by atoms with Crippen LogP contribution in [0.4, 0.5) is 5.69 Å². The van der Waals surface area contributed by atoms with E-state index >= 15 is 0 Å². The van der Waals surface area contributed by atoms with Crippen molar-refractivity contribution in [1.29, 1.82) is 0 Å². The number of anilines is 1. The number of rotatable bonds is 3. The third-order valence-corrected chi connectivity index (χ3v) is 3.42. The first-order valence-corrected chi connectivity index (χ1v) is 6.53. The van der Waals surface area contributed by atoms with Crippen molar-refractivity contribution >= 4 is 23.2 Å². The number of nitrogens with one attached hydrogen (secondary N) is 1. The highest BCUT2D eigenvalue weighted by Crippen LogP contribution is 2.26. The van der Waals surface area contributed by atoms with Crippen LogP contribution in [0.15, 0.2) is 18.3 Å². The molecule has 1 aliphatic carbocycles. The van der Waals surface area contributed by atoms with Crippen LogP contribution in [0.3, 0.4) is 0 Å². The maximum atomic E-state index is 11.8. The first-order chi connectivity index (χ1) is 8.24. The Hall–Kier alpha value is -1.09. The van der Waals surface area contributed by atoms with Crippen LogP contribution < -0.4 is 5.32 Å². The fraction of sp³-hybridized carbons (Fsp3) is 0.538. The van der Waals surface area contributed by atoms with E-state index in [-0.39, 0.29) is 5.91 Å². The Morgan fingerprint density at radius 3 is 2.88 bits per heavy atom.